The van der Waals surface area contributed by atoms with Gasteiger partial charge in [-0.2, -0.15) is 12.6 Å². The summed E-state index contributed by atoms with van der Waals surface area (Å²) in [6.45, 7) is 1.82. The first-order chi connectivity index (χ1) is 6.15. The monoisotopic (exact) mass is 195 g/mol. The molecule has 1 rings (SSSR count). The van der Waals surface area contributed by atoms with Crippen molar-refractivity contribution < 1.29 is 4.39 Å². The lowest BCUT2D eigenvalue weighted by atomic mass is 10.1. The molecule has 0 unspecified atom stereocenters. The number of hydrogen-bond acceptors (Lipinski definition) is 2. The molecule has 0 aliphatic carbocycles. The first kappa shape index (κ1) is 9.94. The average molecular weight is 195 g/mol. The summed E-state index contributed by atoms with van der Waals surface area (Å²) in [5.74, 6) is 5.65. The number of hydrogen-bond donors (Lipinski definition) is 2. The second-order valence-electron chi connectivity index (χ2n) is 2.63. The molecule has 0 atom stereocenters. The standard InChI is InChI=1S/C10H10FNS/c1-7-8(3-2-4-13)5-9(11)6-10(7)12/h5-6,13H,4,12H2,1H3. The van der Waals surface area contributed by atoms with Gasteiger partial charge in [-0.15, -0.1) is 0 Å². The lowest BCUT2D eigenvalue weighted by Crippen LogP contribution is -1.94. The normalized spacial score (nSPS) is 9.15. The minimum atomic E-state index is -0.355. The highest BCUT2D eigenvalue weighted by molar-refractivity contribution is 7.80. The third-order valence-electron chi connectivity index (χ3n) is 1.71. The highest BCUT2D eigenvalue weighted by Gasteiger charge is 2.01. The number of halogens is 1. The van der Waals surface area contributed by atoms with E-state index in [4.69, 9.17) is 5.73 Å². The number of nitrogen functional groups attached to an aromatic ring is 1. The molecule has 68 valence electrons. The fraction of sp³-hybridized carbons (Fsp3) is 0.200. The van der Waals surface area contributed by atoms with E-state index in [1.807, 2.05) is 6.92 Å². The summed E-state index contributed by atoms with van der Waals surface area (Å²) in [6.07, 6.45) is 0. The molecule has 0 aliphatic rings. The van der Waals surface area contributed by atoms with E-state index in [1.54, 1.807) is 0 Å². The maximum Gasteiger partial charge on any atom is 0.126 e. The van der Waals surface area contributed by atoms with Gasteiger partial charge in [0.25, 0.3) is 0 Å². The van der Waals surface area contributed by atoms with E-state index in [0.717, 1.165) is 5.56 Å². The predicted octanol–water partition coefficient (Wildman–Crippen LogP) is 2.00. The molecule has 2 N–H and O–H groups in total. The van der Waals surface area contributed by atoms with Gasteiger partial charge < -0.3 is 5.73 Å². The molecule has 1 aromatic carbocycles. The van der Waals surface area contributed by atoms with Crippen LogP contribution in [-0.2, 0) is 0 Å². The van der Waals surface area contributed by atoms with E-state index in [2.05, 4.69) is 24.5 Å². The van der Waals surface area contributed by atoms with Crippen molar-refractivity contribution in [1.82, 2.24) is 0 Å². The molecule has 1 nitrogen and oxygen atoms in total. The Morgan fingerprint density at radius 1 is 1.54 bits per heavy atom. The number of nitrogens with two attached hydrogens (primary N) is 1. The van der Waals surface area contributed by atoms with E-state index >= 15 is 0 Å². The Hall–Kier alpha value is -1.14. The Morgan fingerprint density at radius 2 is 2.23 bits per heavy atom. The summed E-state index contributed by atoms with van der Waals surface area (Å²) < 4.78 is 12.9. The predicted molar refractivity (Wildman–Crippen MR) is 56.3 cm³/mol. The topological polar surface area (TPSA) is 26.0 Å². The number of rotatable bonds is 0. The van der Waals surface area contributed by atoms with E-state index in [1.165, 1.54) is 12.1 Å². The summed E-state index contributed by atoms with van der Waals surface area (Å²) in [6, 6.07) is 2.67. The van der Waals surface area contributed by atoms with Crippen LogP contribution in [0.5, 0.6) is 0 Å². The van der Waals surface area contributed by atoms with Crippen molar-refractivity contribution in [1.29, 1.82) is 0 Å². The third-order valence-corrected chi connectivity index (χ3v) is 1.87. The summed E-state index contributed by atoms with van der Waals surface area (Å²) >= 11 is 3.94. The van der Waals surface area contributed by atoms with Gasteiger partial charge in [-0.25, -0.2) is 4.39 Å². The van der Waals surface area contributed by atoms with Crippen molar-refractivity contribution in [2.75, 3.05) is 11.5 Å². The Labute approximate surface area is 82.6 Å². The molecule has 0 bridgehead atoms. The minimum absolute atomic E-state index is 0.355. The van der Waals surface area contributed by atoms with Gasteiger partial charge in [-0.3, -0.25) is 0 Å². The Kier molecular flexibility index (Phi) is 3.21. The average Bonchev–Trinajstić information content (AvgIpc) is 2.09. The van der Waals surface area contributed by atoms with Gasteiger partial charge in [0.05, 0.1) is 5.75 Å². The second kappa shape index (κ2) is 4.20. The van der Waals surface area contributed by atoms with Crippen LogP contribution in [0.4, 0.5) is 10.1 Å². The molecule has 0 aromatic heterocycles. The largest absolute Gasteiger partial charge is 0.398 e. The quantitative estimate of drug-likeness (QED) is 0.369. The highest BCUT2D eigenvalue weighted by Crippen LogP contribution is 2.16. The van der Waals surface area contributed by atoms with E-state index in [-0.39, 0.29) is 5.82 Å². The summed E-state index contributed by atoms with van der Waals surface area (Å²) in [5, 5.41) is 0. The van der Waals surface area contributed by atoms with Crippen LogP contribution in [0.1, 0.15) is 11.1 Å². The Bertz CT molecular complexity index is 376. The maximum absolute atomic E-state index is 12.9. The molecule has 0 spiro atoms. The van der Waals surface area contributed by atoms with Crippen LogP contribution >= 0.6 is 12.6 Å². The number of thiol groups is 1. The van der Waals surface area contributed by atoms with Crippen molar-refractivity contribution >= 4 is 18.3 Å². The lowest BCUT2D eigenvalue weighted by Gasteiger charge is -2.02. The van der Waals surface area contributed by atoms with Gasteiger partial charge in [0, 0.05) is 11.3 Å². The molecular formula is C10H10FNS. The minimum Gasteiger partial charge on any atom is -0.398 e. The third kappa shape index (κ3) is 2.40. The first-order valence-electron chi connectivity index (χ1n) is 3.80. The molecule has 1 aromatic rings. The van der Waals surface area contributed by atoms with Crippen LogP contribution in [0, 0.1) is 24.6 Å². The van der Waals surface area contributed by atoms with Crippen molar-refractivity contribution in [2.45, 2.75) is 6.92 Å². The van der Waals surface area contributed by atoms with Crippen molar-refractivity contribution in [3.8, 4) is 11.8 Å². The van der Waals surface area contributed by atoms with Gasteiger partial charge in [0.1, 0.15) is 5.82 Å². The lowest BCUT2D eigenvalue weighted by molar-refractivity contribution is 0.627. The Morgan fingerprint density at radius 3 is 2.85 bits per heavy atom. The van der Waals surface area contributed by atoms with Crippen LogP contribution in [0.3, 0.4) is 0 Å². The van der Waals surface area contributed by atoms with Gasteiger partial charge >= 0.3 is 0 Å². The zero-order chi connectivity index (χ0) is 9.84. The van der Waals surface area contributed by atoms with Crippen LogP contribution in [0.25, 0.3) is 0 Å². The van der Waals surface area contributed by atoms with Gasteiger partial charge in [0.2, 0.25) is 0 Å². The summed E-state index contributed by atoms with van der Waals surface area (Å²) in [4.78, 5) is 0. The molecule has 0 fully saturated rings. The fourth-order valence-electron chi connectivity index (χ4n) is 0.965. The zero-order valence-electron chi connectivity index (χ0n) is 7.26. The number of anilines is 1. The molecule has 13 heavy (non-hydrogen) atoms. The number of benzene rings is 1. The van der Waals surface area contributed by atoms with E-state index < -0.39 is 0 Å². The van der Waals surface area contributed by atoms with Crippen molar-refractivity contribution in [3.05, 3.63) is 29.1 Å². The highest BCUT2D eigenvalue weighted by atomic mass is 32.1. The smallest absolute Gasteiger partial charge is 0.126 e. The zero-order valence-corrected chi connectivity index (χ0v) is 8.16. The van der Waals surface area contributed by atoms with Gasteiger partial charge in [0.15, 0.2) is 0 Å². The first-order valence-corrected chi connectivity index (χ1v) is 4.43. The molecule has 0 saturated carbocycles. The van der Waals surface area contributed by atoms with E-state index in [0.29, 0.717) is 17.0 Å². The van der Waals surface area contributed by atoms with Crippen molar-refractivity contribution in [3.63, 3.8) is 0 Å². The van der Waals surface area contributed by atoms with Crippen LogP contribution in [0.15, 0.2) is 12.1 Å². The Balaban J connectivity index is 3.20. The maximum atomic E-state index is 12.9. The molecule has 0 amide bonds. The summed E-state index contributed by atoms with van der Waals surface area (Å²) in [5.41, 5.74) is 7.45. The molecular weight excluding hydrogens is 185 g/mol. The van der Waals surface area contributed by atoms with E-state index in [9.17, 15) is 4.39 Å². The molecule has 0 aliphatic heterocycles. The molecule has 0 heterocycles. The second-order valence-corrected chi connectivity index (χ2v) is 2.94. The fourth-order valence-corrected chi connectivity index (χ4v) is 1.04. The molecule has 0 radical (unpaired) electrons. The summed E-state index contributed by atoms with van der Waals surface area (Å²) in [7, 11) is 0. The SMILES string of the molecule is Cc1c(N)cc(F)cc1C#CCS. The van der Waals surface area contributed by atoms with Gasteiger partial charge in [-0.1, -0.05) is 11.8 Å². The van der Waals surface area contributed by atoms with Crippen molar-refractivity contribution in [2.24, 2.45) is 0 Å². The van der Waals surface area contributed by atoms with Crippen LogP contribution < -0.4 is 5.73 Å². The van der Waals surface area contributed by atoms with Crippen LogP contribution in [0.2, 0.25) is 0 Å². The molecule has 0 saturated heterocycles. The van der Waals surface area contributed by atoms with Crippen LogP contribution in [-0.4, -0.2) is 5.75 Å². The molecule has 3 heteroatoms. The van der Waals surface area contributed by atoms with Gasteiger partial charge in [-0.05, 0) is 24.6 Å².